The van der Waals surface area contributed by atoms with Gasteiger partial charge in [0.25, 0.3) is 0 Å². The van der Waals surface area contributed by atoms with Crippen molar-refractivity contribution in [1.82, 2.24) is 0 Å². The van der Waals surface area contributed by atoms with Crippen molar-refractivity contribution in [2.24, 2.45) is 0 Å². The quantitative estimate of drug-likeness (QED) is 0.730. The summed E-state index contributed by atoms with van der Waals surface area (Å²) in [5, 5.41) is 17.8. The number of hydrogen-bond donors (Lipinski definition) is 2. The monoisotopic (exact) mass is 212 g/mol. The summed E-state index contributed by atoms with van der Waals surface area (Å²) in [6.07, 6.45) is 2.89. The Kier molecular flexibility index (Phi) is 5.01. The van der Waals surface area contributed by atoms with Crippen LogP contribution in [-0.4, -0.2) is 29.2 Å². The van der Waals surface area contributed by atoms with Gasteiger partial charge in [-0.15, -0.1) is 11.8 Å². The average molecular weight is 212 g/mol. The minimum Gasteiger partial charge on any atom is -0.394 e. The van der Waals surface area contributed by atoms with Gasteiger partial charge in [0.15, 0.2) is 0 Å². The van der Waals surface area contributed by atoms with E-state index in [-0.39, 0.29) is 6.61 Å². The van der Waals surface area contributed by atoms with Crippen LogP contribution >= 0.6 is 11.8 Å². The first-order valence-electron chi connectivity index (χ1n) is 4.68. The average Bonchev–Trinajstić information content (AvgIpc) is 2.26. The second-order valence-corrected chi connectivity index (χ2v) is 4.10. The highest BCUT2D eigenvalue weighted by atomic mass is 32.2. The molecule has 1 atom stereocenters. The van der Waals surface area contributed by atoms with E-state index in [1.165, 1.54) is 10.5 Å². The molecule has 0 spiro atoms. The highest BCUT2D eigenvalue weighted by Crippen LogP contribution is 2.15. The van der Waals surface area contributed by atoms with Crippen LogP contribution in [0.2, 0.25) is 0 Å². The molecule has 78 valence electrons. The first-order valence-corrected chi connectivity index (χ1v) is 5.90. The van der Waals surface area contributed by atoms with Gasteiger partial charge in [-0.05, 0) is 36.8 Å². The standard InChI is InChI=1S/C11H16O2S/c1-14-11-6-3-9(4-7-11)2-5-10(13)8-12/h3-4,6-7,10,12-13H,2,5,8H2,1H3. The summed E-state index contributed by atoms with van der Waals surface area (Å²) in [6.45, 7) is -0.150. The Morgan fingerprint density at radius 3 is 2.43 bits per heavy atom. The summed E-state index contributed by atoms with van der Waals surface area (Å²) < 4.78 is 0. The fraction of sp³-hybridized carbons (Fsp3) is 0.455. The molecule has 0 saturated carbocycles. The van der Waals surface area contributed by atoms with Crippen LogP contribution in [0.1, 0.15) is 12.0 Å². The van der Waals surface area contributed by atoms with Crippen molar-refractivity contribution in [2.45, 2.75) is 23.8 Å². The molecule has 0 aliphatic carbocycles. The SMILES string of the molecule is CSc1ccc(CCC(O)CO)cc1. The molecule has 0 saturated heterocycles. The molecule has 0 fully saturated rings. The maximum atomic E-state index is 9.17. The molecule has 2 N–H and O–H groups in total. The van der Waals surface area contributed by atoms with E-state index in [2.05, 4.69) is 24.3 Å². The van der Waals surface area contributed by atoms with Crippen molar-refractivity contribution in [3.8, 4) is 0 Å². The predicted octanol–water partition coefficient (Wildman–Crippen LogP) is 1.69. The van der Waals surface area contributed by atoms with Crippen molar-refractivity contribution >= 4 is 11.8 Å². The molecule has 0 aliphatic heterocycles. The van der Waals surface area contributed by atoms with Gasteiger partial charge in [-0.2, -0.15) is 0 Å². The molecule has 1 unspecified atom stereocenters. The summed E-state index contributed by atoms with van der Waals surface area (Å²) >= 11 is 1.72. The third-order valence-corrected chi connectivity index (χ3v) is 2.88. The Labute approximate surface area is 89.0 Å². The van der Waals surface area contributed by atoms with Gasteiger partial charge >= 0.3 is 0 Å². The van der Waals surface area contributed by atoms with E-state index in [1.54, 1.807) is 11.8 Å². The molecule has 14 heavy (non-hydrogen) atoms. The molecule has 0 radical (unpaired) electrons. The normalized spacial score (nSPS) is 12.8. The number of hydrogen-bond acceptors (Lipinski definition) is 3. The van der Waals surface area contributed by atoms with Crippen LogP contribution in [0.5, 0.6) is 0 Å². The summed E-state index contributed by atoms with van der Waals surface area (Å²) in [6, 6.07) is 8.28. The molecule has 0 bridgehead atoms. The Balaban J connectivity index is 2.43. The number of benzene rings is 1. The van der Waals surface area contributed by atoms with E-state index >= 15 is 0 Å². The number of aliphatic hydroxyl groups is 2. The summed E-state index contributed by atoms with van der Waals surface area (Å²) in [7, 11) is 0. The molecule has 0 amide bonds. The highest BCUT2D eigenvalue weighted by Gasteiger charge is 2.02. The summed E-state index contributed by atoms with van der Waals surface area (Å²) in [4.78, 5) is 1.25. The lowest BCUT2D eigenvalue weighted by Gasteiger charge is -2.06. The molecule has 0 heterocycles. The van der Waals surface area contributed by atoms with Crippen LogP contribution in [0.4, 0.5) is 0 Å². The Bertz CT molecular complexity index is 258. The van der Waals surface area contributed by atoms with E-state index < -0.39 is 6.10 Å². The first-order chi connectivity index (χ1) is 6.76. The van der Waals surface area contributed by atoms with Crippen molar-refractivity contribution in [2.75, 3.05) is 12.9 Å². The van der Waals surface area contributed by atoms with Crippen LogP contribution < -0.4 is 0 Å². The zero-order valence-electron chi connectivity index (χ0n) is 8.31. The minimum absolute atomic E-state index is 0.150. The Hall–Kier alpha value is -0.510. The number of rotatable bonds is 5. The van der Waals surface area contributed by atoms with Crippen LogP contribution in [0.3, 0.4) is 0 Å². The van der Waals surface area contributed by atoms with Gasteiger partial charge in [0.1, 0.15) is 0 Å². The molecule has 3 heteroatoms. The van der Waals surface area contributed by atoms with Crippen LogP contribution in [0.25, 0.3) is 0 Å². The van der Waals surface area contributed by atoms with Crippen molar-refractivity contribution in [3.63, 3.8) is 0 Å². The van der Waals surface area contributed by atoms with E-state index in [0.29, 0.717) is 6.42 Å². The molecule has 0 aliphatic rings. The molecular formula is C11H16O2S. The van der Waals surface area contributed by atoms with Crippen molar-refractivity contribution < 1.29 is 10.2 Å². The third kappa shape index (κ3) is 3.70. The fourth-order valence-corrected chi connectivity index (χ4v) is 1.63. The first kappa shape index (κ1) is 11.6. The Morgan fingerprint density at radius 2 is 1.93 bits per heavy atom. The van der Waals surface area contributed by atoms with Gasteiger partial charge in [-0.25, -0.2) is 0 Å². The van der Waals surface area contributed by atoms with Gasteiger partial charge < -0.3 is 10.2 Å². The smallest absolute Gasteiger partial charge is 0.0774 e. The van der Waals surface area contributed by atoms with E-state index in [9.17, 15) is 0 Å². The van der Waals surface area contributed by atoms with Crippen LogP contribution in [0, 0.1) is 0 Å². The van der Waals surface area contributed by atoms with E-state index in [4.69, 9.17) is 10.2 Å². The second kappa shape index (κ2) is 6.06. The maximum absolute atomic E-state index is 9.17. The molecule has 1 aromatic rings. The maximum Gasteiger partial charge on any atom is 0.0774 e. The Morgan fingerprint density at radius 1 is 1.29 bits per heavy atom. The van der Waals surface area contributed by atoms with E-state index in [0.717, 1.165) is 6.42 Å². The van der Waals surface area contributed by atoms with Crippen LogP contribution in [-0.2, 0) is 6.42 Å². The van der Waals surface area contributed by atoms with Gasteiger partial charge in [-0.3, -0.25) is 0 Å². The number of aryl methyl sites for hydroxylation is 1. The number of aliphatic hydroxyl groups excluding tert-OH is 2. The van der Waals surface area contributed by atoms with Gasteiger partial charge in [0.2, 0.25) is 0 Å². The van der Waals surface area contributed by atoms with Gasteiger partial charge in [0.05, 0.1) is 12.7 Å². The van der Waals surface area contributed by atoms with Crippen molar-refractivity contribution in [1.29, 1.82) is 0 Å². The number of thioether (sulfide) groups is 1. The minimum atomic E-state index is -0.588. The molecule has 0 aromatic heterocycles. The van der Waals surface area contributed by atoms with Crippen LogP contribution in [0.15, 0.2) is 29.2 Å². The second-order valence-electron chi connectivity index (χ2n) is 3.22. The zero-order chi connectivity index (χ0) is 10.4. The lowest BCUT2D eigenvalue weighted by atomic mass is 10.1. The molecule has 1 rings (SSSR count). The molecule has 1 aromatic carbocycles. The largest absolute Gasteiger partial charge is 0.394 e. The fourth-order valence-electron chi connectivity index (χ4n) is 1.22. The molecular weight excluding hydrogens is 196 g/mol. The zero-order valence-corrected chi connectivity index (χ0v) is 9.13. The van der Waals surface area contributed by atoms with E-state index in [1.807, 2.05) is 6.26 Å². The topological polar surface area (TPSA) is 40.5 Å². The summed E-state index contributed by atoms with van der Waals surface area (Å²) in [5.74, 6) is 0. The van der Waals surface area contributed by atoms with Crippen molar-refractivity contribution in [3.05, 3.63) is 29.8 Å². The lowest BCUT2D eigenvalue weighted by molar-refractivity contribution is 0.0886. The lowest BCUT2D eigenvalue weighted by Crippen LogP contribution is -2.12. The van der Waals surface area contributed by atoms with Gasteiger partial charge in [0, 0.05) is 4.90 Å². The predicted molar refractivity (Wildman–Crippen MR) is 59.6 cm³/mol. The highest BCUT2D eigenvalue weighted by molar-refractivity contribution is 7.98. The third-order valence-electron chi connectivity index (χ3n) is 2.14. The summed E-state index contributed by atoms with van der Waals surface area (Å²) in [5.41, 5.74) is 1.20. The molecule has 2 nitrogen and oxygen atoms in total. The van der Waals surface area contributed by atoms with Gasteiger partial charge in [-0.1, -0.05) is 12.1 Å².